The fourth-order valence-electron chi connectivity index (χ4n) is 3.90. The first kappa shape index (κ1) is 18.4. The highest BCUT2D eigenvalue weighted by Crippen LogP contribution is 2.23. The number of carboxylic acid groups (broad SMARTS) is 1. The number of benzene rings is 1. The van der Waals surface area contributed by atoms with E-state index in [4.69, 9.17) is 0 Å². The predicted octanol–water partition coefficient (Wildman–Crippen LogP) is 2.56. The van der Waals surface area contributed by atoms with Gasteiger partial charge >= 0.3 is 5.97 Å². The molecule has 2 aliphatic rings. The highest BCUT2D eigenvalue weighted by molar-refractivity contribution is 5.97. The first-order chi connectivity index (χ1) is 12.4. The van der Waals surface area contributed by atoms with Crippen LogP contribution in [0.5, 0.6) is 0 Å². The second-order valence-corrected chi connectivity index (χ2v) is 7.43. The van der Waals surface area contributed by atoms with Crippen molar-refractivity contribution < 1.29 is 19.5 Å². The maximum atomic E-state index is 12.7. The van der Waals surface area contributed by atoms with Crippen LogP contribution in [0.3, 0.4) is 0 Å². The highest BCUT2D eigenvalue weighted by Gasteiger charge is 2.27. The molecule has 0 radical (unpaired) electrons. The van der Waals surface area contributed by atoms with Crippen LogP contribution in [-0.2, 0) is 4.79 Å². The molecule has 0 bridgehead atoms. The summed E-state index contributed by atoms with van der Waals surface area (Å²) < 4.78 is 0. The van der Waals surface area contributed by atoms with E-state index in [-0.39, 0.29) is 17.4 Å². The van der Waals surface area contributed by atoms with E-state index >= 15 is 0 Å². The molecule has 2 fully saturated rings. The molecule has 2 aliphatic heterocycles. The minimum absolute atomic E-state index is 0.108. The predicted molar refractivity (Wildman–Crippen MR) is 97.2 cm³/mol. The van der Waals surface area contributed by atoms with Crippen LogP contribution in [0, 0.1) is 12.8 Å². The summed E-state index contributed by atoms with van der Waals surface area (Å²) in [5, 5.41) is 9.18. The van der Waals surface area contributed by atoms with E-state index in [9.17, 15) is 19.5 Å². The average molecular weight is 358 g/mol. The number of likely N-dealkylation sites (tertiary alicyclic amines) is 2. The second kappa shape index (κ2) is 7.89. The molecule has 2 saturated heterocycles. The summed E-state index contributed by atoms with van der Waals surface area (Å²) in [7, 11) is 0. The maximum Gasteiger partial charge on any atom is 0.335 e. The van der Waals surface area contributed by atoms with Crippen LogP contribution in [-0.4, -0.2) is 58.9 Å². The summed E-state index contributed by atoms with van der Waals surface area (Å²) in [6.07, 6.45) is 4.51. The van der Waals surface area contributed by atoms with Crippen molar-refractivity contribution in [2.45, 2.75) is 39.0 Å². The van der Waals surface area contributed by atoms with Crippen molar-refractivity contribution in [1.82, 2.24) is 9.80 Å². The minimum atomic E-state index is -1.02. The summed E-state index contributed by atoms with van der Waals surface area (Å²) in [4.78, 5) is 39.7. The lowest BCUT2D eigenvalue weighted by Gasteiger charge is -2.36. The van der Waals surface area contributed by atoms with E-state index in [2.05, 4.69) is 0 Å². The molecule has 1 N–H and O–H groups in total. The number of carbonyl (C=O) groups excluding carboxylic acids is 2. The lowest BCUT2D eigenvalue weighted by atomic mass is 9.94. The van der Waals surface area contributed by atoms with Gasteiger partial charge in [0.05, 0.1) is 5.56 Å². The summed E-state index contributed by atoms with van der Waals surface area (Å²) in [6, 6.07) is 4.77. The summed E-state index contributed by atoms with van der Waals surface area (Å²) in [5.41, 5.74) is 1.35. The van der Waals surface area contributed by atoms with Gasteiger partial charge in [-0.2, -0.15) is 0 Å². The second-order valence-electron chi connectivity index (χ2n) is 7.43. The Morgan fingerprint density at radius 1 is 1.08 bits per heavy atom. The van der Waals surface area contributed by atoms with Crippen molar-refractivity contribution in [2.24, 2.45) is 5.92 Å². The standard InChI is InChI=1S/C20H26N2O4/c1-14-10-16(12-17(11-14)20(25)26)19(24)21-8-5-15(6-9-21)13-22-7-3-2-4-18(22)23/h10-12,15H,2-9,13H2,1H3,(H,25,26). The number of hydrogen-bond acceptors (Lipinski definition) is 3. The van der Waals surface area contributed by atoms with Crippen molar-refractivity contribution in [3.05, 3.63) is 34.9 Å². The number of aromatic carboxylic acids is 1. The molecular weight excluding hydrogens is 332 g/mol. The molecule has 26 heavy (non-hydrogen) atoms. The zero-order chi connectivity index (χ0) is 18.7. The summed E-state index contributed by atoms with van der Waals surface area (Å²) in [5.74, 6) is -0.430. The molecule has 6 nitrogen and oxygen atoms in total. The normalized spacial score (nSPS) is 18.9. The third-order valence-electron chi connectivity index (χ3n) is 5.37. The molecule has 2 heterocycles. The SMILES string of the molecule is Cc1cc(C(=O)O)cc(C(=O)N2CCC(CN3CCCCC3=O)CC2)c1. The molecule has 0 atom stereocenters. The summed E-state index contributed by atoms with van der Waals surface area (Å²) in [6.45, 7) is 4.77. The molecule has 2 amide bonds. The van der Waals surface area contributed by atoms with Gasteiger partial charge in [-0.3, -0.25) is 9.59 Å². The molecular formula is C20H26N2O4. The van der Waals surface area contributed by atoms with Crippen molar-refractivity contribution in [3.8, 4) is 0 Å². The van der Waals surface area contributed by atoms with Crippen LogP contribution >= 0.6 is 0 Å². The van der Waals surface area contributed by atoms with Gasteiger partial charge in [-0.1, -0.05) is 0 Å². The van der Waals surface area contributed by atoms with Crippen molar-refractivity contribution >= 4 is 17.8 Å². The molecule has 1 aromatic carbocycles. The smallest absolute Gasteiger partial charge is 0.335 e. The topological polar surface area (TPSA) is 77.9 Å². The van der Waals surface area contributed by atoms with Crippen LogP contribution < -0.4 is 0 Å². The number of carbonyl (C=O) groups is 3. The van der Waals surface area contributed by atoms with Crippen LogP contribution in [0.25, 0.3) is 0 Å². The van der Waals surface area contributed by atoms with Gasteiger partial charge in [0.15, 0.2) is 0 Å². The largest absolute Gasteiger partial charge is 0.478 e. The maximum absolute atomic E-state index is 12.7. The fourth-order valence-corrected chi connectivity index (χ4v) is 3.90. The van der Waals surface area contributed by atoms with E-state index in [0.29, 0.717) is 31.0 Å². The van der Waals surface area contributed by atoms with Gasteiger partial charge in [0.25, 0.3) is 5.91 Å². The Hall–Kier alpha value is -2.37. The molecule has 0 spiro atoms. The van der Waals surface area contributed by atoms with Gasteiger partial charge in [0.2, 0.25) is 5.91 Å². The van der Waals surface area contributed by atoms with Crippen molar-refractivity contribution in [1.29, 1.82) is 0 Å². The molecule has 1 aromatic rings. The quantitative estimate of drug-likeness (QED) is 0.897. The minimum Gasteiger partial charge on any atom is -0.478 e. The lowest BCUT2D eigenvalue weighted by Crippen LogP contribution is -2.44. The Balaban J connectivity index is 1.58. The molecule has 0 saturated carbocycles. The van der Waals surface area contributed by atoms with E-state index in [1.807, 2.05) is 4.90 Å². The van der Waals surface area contributed by atoms with Crippen LogP contribution in [0.2, 0.25) is 0 Å². The zero-order valence-corrected chi connectivity index (χ0v) is 15.2. The molecule has 0 aromatic heterocycles. The Morgan fingerprint density at radius 3 is 2.42 bits per heavy atom. The fraction of sp³-hybridized carbons (Fsp3) is 0.550. The first-order valence-corrected chi connectivity index (χ1v) is 9.36. The van der Waals surface area contributed by atoms with Crippen LogP contribution in [0.1, 0.15) is 58.4 Å². The van der Waals surface area contributed by atoms with E-state index in [1.54, 1.807) is 24.0 Å². The Kier molecular flexibility index (Phi) is 5.59. The van der Waals surface area contributed by atoms with Crippen LogP contribution in [0.15, 0.2) is 18.2 Å². The van der Waals surface area contributed by atoms with E-state index < -0.39 is 5.97 Å². The molecule has 3 rings (SSSR count). The Bertz CT molecular complexity index is 708. The van der Waals surface area contributed by atoms with Gasteiger partial charge in [-0.15, -0.1) is 0 Å². The number of hydrogen-bond donors (Lipinski definition) is 1. The monoisotopic (exact) mass is 358 g/mol. The number of nitrogens with zero attached hydrogens (tertiary/aromatic N) is 2. The molecule has 0 unspecified atom stereocenters. The number of rotatable bonds is 4. The molecule has 0 aliphatic carbocycles. The number of carboxylic acids is 1. The zero-order valence-electron chi connectivity index (χ0n) is 15.2. The van der Waals surface area contributed by atoms with E-state index in [1.165, 1.54) is 6.07 Å². The average Bonchev–Trinajstić information content (AvgIpc) is 2.63. The lowest BCUT2D eigenvalue weighted by molar-refractivity contribution is -0.134. The Labute approximate surface area is 153 Å². The van der Waals surface area contributed by atoms with E-state index in [0.717, 1.165) is 44.3 Å². The highest BCUT2D eigenvalue weighted by atomic mass is 16.4. The third kappa shape index (κ3) is 4.23. The van der Waals surface area contributed by atoms with Crippen LogP contribution in [0.4, 0.5) is 0 Å². The van der Waals surface area contributed by atoms with Gasteiger partial charge in [0, 0.05) is 38.2 Å². The van der Waals surface area contributed by atoms with Crippen molar-refractivity contribution in [2.75, 3.05) is 26.2 Å². The van der Waals surface area contributed by atoms with Gasteiger partial charge < -0.3 is 14.9 Å². The molecule has 140 valence electrons. The third-order valence-corrected chi connectivity index (χ3v) is 5.37. The Morgan fingerprint density at radius 2 is 1.77 bits per heavy atom. The van der Waals surface area contributed by atoms with Gasteiger partial charge in [0.1, 0.15) is 0 Å². The molecule has 6 heteroatoms. The first-order valence-electron chi connectivity index (χ1n) is 9.36. The van der Waals surface area contributed by atoms with Gasteiger partial charge in [-0.05, 0) is 62.3 Å². The number of piperidine rings is 2. The van der Waals surface area contributed by atoms with Crippen molar-refractivity contribution in [3.63, 3.8) is 0 Å². The summed E-state index contributed by atoms with van der Waals surface area (Å²) >= 11 is 0. The van der Waals surface area contributed by atoms with Gasteiger partial charge in [-0.25, -0.2) is 4.79 Å². The number of amides is 2. The number of aryl methyl sites for hydroxylation is 1.